The van der Waals surface area contributed by atoms with Gasteiger partial charge in [0.1, 0.15) is 0 Å². The quantitative estimate of drug-likeness (QED) is 0.372. The first-order valence-electron chi connectivity index (χ1n) is 6.26. The Hall–Kier alpha value is -0.441. The van der Waals surface area contributed by atoms with E-state index in [1.54, 1.807) is 13.8 Å². The Kier molecular flexibility index (Phi) is 18.1. The van der Waals surface area contributed by atoms with Crippen LogP contribution in [0.1, 0.15) is 26.7 Å². The molecule has 0 unspecified atom stereocenters. The van der Waals surface area contributed by atoms with Gasteiger partial charge in [-0.05, 0) is 18.0 Å². The van der Waals surface area contributed by atoms with Crippen molar-refractivity contribution in [3.63, 3.8) is 0 Å². The van der Waals surface area contributed by atoms with Crippen LogP contribution in [0.15, 0.2) is 0 Å². The van der Waals surface area contributed by atoms with Crippen molar-refractivity contribution < 1.29 is 29.0 Å². The summed E-state index contributed by atoms with van der Waals surface area (Å²) in [5, 5.41) is 6.86. The van der Waals surface area contributed by atoms with E-state index in [1.807, 2.05) is 0 Å². The molecule has 2 radical (unpaired) electrons. The van der Waals surface area contributed by atoms with Gasteiger partial charge in [0, 0.05) is 0 Å². The van der Waals surface area contributed by atoms with E-state index < -0.39 is 26.4 Å². The fourth-order valence-corrected chi connectivity index (χ4v) is 3.86. The molecule has 116 valence electrons. The first-order valence-corrected chi connectivity index (χ1v) is 11.5. The van der Waals surface area contributed by atoms with Gasteiger partial charge >= 0.3 is 106 Å². The molecule has 0 fully saturated rings. The van der Waals surface area contributed by atoms with Crippen LogP contribution < -0.4 is 0 Å². The summed E-state index contributed by atoms with van der Waals surface area (Å²) in [6, 6.07) is 0. The second kappa shape index (κ2) is 16.6. The van der Waals surface area contributed by atoms with Crippen LogP contribution in [-0.2, 0) is 19.1 Å². The average molecular weight is 413 g/mol. The molecule has 0 amide bonds. The molecular weight excluding hydrogens is 391 g/mol. The maximum absolute atomic E-state index is 11.0. The monoisotopic (exact) mass is 414 g/mol. The molecule has 0 rings (SSSR count). The van der Waals surface area contributed by atoms with Gasteiger partial charge in [0.25, 0.3) is 0 Å². The number of rotatable bonds is 8. The van der Waals surface area contributed by atoms with E-state index in [2.05, 4.69) is 0 Å². The molecule has 0 heterocycles. The second-order valence-electron chi connectivity index (χ2n) is 3.33. The van der Waals surface area contributed by atoms with Crippen LogP contribution in [0.5, 0.6) is 0 Å². The Bertz CT molecular complexity index is 265. The van der Waals surface area contributed by atoms with E-state index in [1.165, 1.54) is 6.26 Å². The number of carboxylic acid groups (broad SMARTS) is 1. The first-order chi connectivity index (χ1) is 9.47. The summed E-state index contributed by atoms with van der Waals surface area (Å²) in [4.78, 5) is 31.2. The van der Waals surface area contributed by atoms with Crippen LogP contribution in [0.4, 0.5) is 4.79 Å². The van der Waals surface area contributed by atoms with Crippen molar-refractivity contribution >= 4 is 50.1 Å². The van der Waals surface area contributed by atoms with Crippen molar-refractivity contribution in [2.24, 2.45) is 0 Å². The third-order valence-corrected chi connectivity index (χ3v) is 5.59. The van der Waals surface area contributed by atoms with Crippen LogP contribution in [0.3, 0.4) is 0 Å². The van der Waals surface area contributed by atoms with Crippen LogP contribution in [0.25, 0.3) is 0 Å². The molecule has 8 heteroatoms. The van der Waals surface area contributed by atoms with Gasteiger partial charge in [0.05, 0.1) is 0 Å². The van der Waals surface area contributed by atoms with Crippen molar-refractivity contribution in [1.82, 2.24) is 0 Å². The minimum absolute atomic E-state index is 0.116. The van der Waals surface area contributed by atoms with E-state index in [0.717, 1.165) is 20.6 Å². The molecule has 0 saturated carbocycles. The molecule has 0 aromatic rings. The molecule has 0 aliphatic heterocycles. The minimum atomic E-state index is -0.829. The Morgan fingerprint density at radius 2 is 1.35 bits per heavy atom. The van der Waals surface area contributed by atoms with Gasteiger partial charge in [-0.25, -0.2) is 4.79 Å². The van der Waals surface area contributed by atoms with Gasteiger partial charge in [0.15, 0.2) is 0 Å². The SMILES string of the molecule is CCOC(=O)C[CH2][Sn][CH2]CC(=O)OCC.CSC(=O)O. The van der Waals surface area contributed by atoms with Gasteiger partial charge < -0.3 is 5.11 Å². The van der Waals surface area contributed by atoms with E-state index in [9.17, 15) is 14.4 Å². The topological polar surface area (TPSA) is 89.9 Å². The summed E-state index contributed by atoms with van der Waals surface area (Å²) in [5.41, 5.74) is 0. The summed E-state index contributed by atoms with van der Waals surface area (Å²) in [5.74, 6) is -0.232. The van der Waals surface area contributed by atoms with E-state index in [-0.39, 0.29) is 11.9 Å². The molecule has 0 saturated heterocycles. The zero-order valence-corrected chi connectivity index (χ0v) is 15.8. The van der Waals surface area contributed by atoms with Crippen LogP contribution in [0.2, 0.25) is 8.87 Å². The van der Waals surface area contributed by atoms with Crippen molar-refractivity contribution in [3.05, 3.63) is 0 Å². The number of hydrogen-bond acceptors (Lipinski definition) is 6. The number of carbonyl (C=O) groups excluding carboxylic acids is 2. The predicted octanol–water partition coefficient (Wildman–Crippen LogP) is 2.46. The van der Waals surface area contributed by atoms with Gasteiger partial charge in [0.2, 0.25) is 0 Å². The number of hydrogen-bond donors (Lipinski definition) is 1. The maximum atomic E-state index is 11.0. The van der Waals surface area contributed by atoms with Gasteiger partial charge in [-0.3, -0.25) is 0 Å². The number of thioether (sulfide) groups is 1. The summed E-state index contributed by atoms with van der Waals surface area (Å²) >= 11 is 0.225. The van der Waals surface area contributed by atoms with Crippen LogP contribution >= 0.6 is 11.8 Å². The molecule has 0 aliphatic rings. The molecular formula is C12H22O6SSn. The molecule has 0 atom stereocenters. The first kappa shape index (κ1) is 21.8. The largest absolute Gasteiger partial charge is 0.473 e. The zero-order valence-electron chi connectivity index (χ0n) is 12.1. The molecule has 1 N–H and O–H groups in total. The Labute approximate surface area is 134 Å². The average Bonchev–Trinajstić information content (AvgIpc) is 2.39. The molecule has 0 aliphatic carbocycles. The number of ether oxygens (including phenoxy) is 2. The van der Waals surface area contributed by atoms with Crippen molar-refractivity contribution in [2.75, 3.05) is 19.5 Å². The van der Waals surface area contributed by atoms with Crippen LogP contribution in [0, 0.1) is 0 Å². The Morgan fingerprint density at radius 1 is 1.00 bits per heavy atom. The standard InChI is InChI=1S/2C5H9O2.C2H4O2S.Sn/c2*1-3-5(6)7-4-2;1-5-2(3)4;/h2*1,3-4H2,2H3;1H3,(H,3,4);. The number of esters is 2. The summed E-state index contributed by atoms with van der Waals surface area (Å²) in [6.45, 7) is 4.51. The Balaban J connectivity index is 0. The van der Waals surface area contributed by atoms with Crippen molar-refractivity contribution in [1.29, 1.82) is 0 Å². The fraction of sp³-hybridized carbons (Fsp3) is 0.750. The van der Waals surface area contributed by atoms with Gasteiger partial charge in [-0.15, -0.1) is 0 Å². The van der Waals surface area contributed by atoms with Gasteiger partial charge in [-0.1, -0.05) is 0 Å². The molecule has 6 nitrogen and oxygen atoms in total. The molecule has 0 bridgehead atoms. The molecule has 0 aromatic heterocycles. The van der Waals surface area contributed by atoms with Gasteiger partial charge in [-0.2, -0.15) is 0 Å². The smallest absolute Gasteiger partial charge is 0.364 e. The van der Waals surface area contributed by atoms with Crippen LogP contribution in [-0.4, -0.2) is 63.0 Å². The zero-order chi connectivity index (χ0) is 15.8. The fourth-order valence-electron chi connectivity index (χ4n) is 0.972. The summed E-state index contributed by atoms with van der Waals surface area (Å²) in [6.07, 6.45) is 2.55. The second-order valence-corrected chi connectivity index (χ2v) is 8.37. The summed E-state index contributed by atoms with van der Waals surface area (Å²) in [7, 11) is 0. The number of carbonyl (C=O) groups is 3. The van der Waals surface area contributed by atoms with Crippen molar-refractivity contribution in [2.45, 2.75) is 35.6 Å². The van der Waals surface area contributed by atoms with Crippen molar-refractivity contribution in [3.8, 4) is 0 Å². The third kappa shape index (κ3) is 19.9. The Morgan fingerprint density at radius 3 is 1.60 bits per heavy atom. The molecule has 20 heavy (non-hydrogen) atoms. The van der Waals surface area contributed by atoms with E-state index >= 15 is 0 Å². The maximum Gasteiger partial charge on any atom is 0.364 e. The normalized spacial score (nSPS) is 9.15. The van der Waals surface area contributed by atoms with E-state index in [4.69, 9.17) is 14.6 Å². The van der Waals surface area contributed by atoms with E-state index in [0.29, 0.717) is 26.1 Å². The predicted molar refractivity (Wildman–Crippen MR) is 79.4 cm³/mol. The molecule has 0 aromatic carbocycles. The summed E-state index contributed by atoms with van der Waals surface area (Å²) < 4.78 is 11.5. The molecule has 0 spiro atoms. The third-order valence-electron chi connectivity index (χ3n) is 1.80. The minimum Gasteiger partial charge on any atom is -0.473 e.